The fraction of sp³-hybridized carbons (Fsp3) is 0.469. The summed E-state index contributed by atoms with van der Waals surface area (Å²) in [6, 6.07) is 22.6. The number of likely N-dealkylation sites (N-methyl/N-ethyl adjacent to an activating group) is 2. The number of carbonyl (C=O) groups is 2. The number of amides is 2. The van der Waals surface area contributed by atoms with E-state index in [0.29, 0.717) is 117 Å². The fourth-order valence-corrected chi connectivity index (χ4v) is 14.1. The van der Waals surface area contributed by atoms with Gasteiger partial charge in [0.05, 0.1) is 51.6 Å². The van der Waals surface area contributed by atoms with Gasteiger partial charge >= 0.3 is 0 Å². The van der Waals surface area contributed by atoms with Crippen LogP contribution >= 0.6 is 23.2 Å². The Bertz CT molecular complexity index is 3360. The number of phenolic OH excluding ortho intramolecular Hbond substituents is 1. The van der Waals surface area contributed by atoms with Gasteiger partial charge in [0, 0.05) is 104 Å². The van der Waals surface area contributed by atoms with E-state index in [1.807, 2.05) is 73.9 Å². The van der Waals surface area contributed by atoms with Crippen molar-refractivity contribution in [1.29, 1.82) is 10.5 Å². The zero-order valence-corrected chi connectivity index (χ0v) is 50.2. The Morgan fingerprint density at radius 2 is 1.13 bits per heavy atom. The maximum Gasteiger partial charge on any atom is 0.246 e. The average Bonchev–Trinajstić information content (AvgIpc) is 3.67. The van der Waals surface area contributed by atoms with E-state index in [1.165, 1.54) is 12.2 Å². The Balaban J connectivity index is 0.000000186. The van der Waals surface area contributed by atoms with Crippen LogP contribution in [0.3, 0.4) is 0 Å². The Morgan fingerprint density at radius 3 is 1.58 bits per heavy atom. The number of fused-ring (bicyclic) bond motifs is 3. The molecule has 5 aromatic rings. The van der Waals surface area contributed by atoms with E-state index in [2.05, 4.69) is 74.9 Å². The number of aromatic hydroxyl groups is 1. The highest BCUT2D eigenvalue weighted by Gasteiger charge is 2.39. The number of pyridine rings is 2. The normalized spacial score (nSPS) is 22.7. The molecule has 17 nitrogen and oxygen atoms in total. The van der Waals surface area contributed by atoms with Crippen molar-refractivity contribution in [3.05, 3.63) is 124 Å². The number of benzene rings is 3. The predicted molar refractivity (Wildman–Crippen MR) is 328 cm³/mol. The number of halogens is 2. The van der Waals surface area contributed by atoms with Gasteiger partial charge in [-0.15, -0.1) is 0 Å². The summed E-state index contributed by atoms with van der Waals surface area (Å²) >= 11 is 12.9. The van der Waals surface area contributed by atoms with Crippen LogP contribution in [0.5, 0.6) is 17.5 Å². The number of likely N-dealkylation sites (tertiary alicyclic amines) is 2. The number of anilines is 4. The number of hydrogen-bond acceptors (Lipinski definition) is 15. The molecule has 83 heavy (non-hydrogen) atoms. The summed E-state index contributed by atoms with van der Waals surface area (Å²) in [7, 11) is 4.22. The van der Waals surface area contributed by atoms with E-state index in [4.69, 9.17) is 42.6 Å². The van der Waals surface area contributed by atoms with E-state index in [0.717, 1.165) is 94.8 Å². The van der Waals surface area contributed by atoms with Crippen LogP contribution in [0.15, 0.2) is 79.9 Å². The first kappa shape index (κ1) is 58.9. The lowest BCUT2D eigenvalue weighted by Gasteiger charge is -2.46. The molecule has 6 atom stereocenters. The highest BCUT2D eigenvalue weighted by Crippen LogP contribution is 2.43. The molecule has 2 amide bonds. The van der Waals surface area contributed by atoms with Crippen LogP contribution in [0.4, 0.5) is 22.7 Å². The lowest BCUT2D eigenvalue weighted by atomic mass is 9.96. The molecule has 4 saturated heterocycles. The standard InChI is InChI=1S/C34H40N6O3.C30H36Cl2N6O2/c1-5-32(42)40-22(2)18-39(19-23(40)3)33-28-12-14-38(31-16-26(41)15-24-9-6-7-11-27(24)31)20-30(28)36-34(29(33)17-35)43-21-25-10-8-13-37(25)4;1-5-27(39)38-19(2)15-37(16-20(38)3)29-22-11-13-36(26-10-6-9-24(31)28(26)32)17-25(22)34-30(23(29)14-33)40-18-21-8-7-12-35(21)4/h5-7,9,11,15-16,22-23,25,41H,1,8,10,12-14,18-21H2,2-4H3;5-6,9-10,19-21H,1,7-8,11-13,15-18H2,2-4H3/t22-,23+,25-;19-,20+,21-/m00/s1. The van der Waals surface area contributed by atoms with Gasteiger partial charge in [-0.25, -0.2) is 9.97 Å². The minimum atomic E-state index is -0.0735. The zero-order chi connectivity index (χ0) is 58.8. The van der Waals surface area contributed by atoms with Crippen LogP contribution in [-0.4, -0.2) is 162 Å². The van der Waals surface area contributed by atoms with Crippen LogP contribution < -0.4 is 29.1 Å². The summed E-state index contributed by atoms with van der Waals surface area (Å²) in [5, 5.41) is 34.6. The van der Waals surface area contributed by atoms with E-state index in [-0.39, 0.29) is 47.8 Å². The molecule has 436 valence electrons. The molecule has 8 heterocycles. The SMILES string of the molecule is C=CC(=O)N1[C@H](C)CN(c2c(C#N)c(OC[C@@H]3CCCN3C)nc3c2CCN(c2cc(O)cc4ccccc24)C3)C[C@@H]1C.C=CC(=O)N1[C@H](C)CN(c2c(C#N)c(OC[C@@H]3CCCN3C)nc3c2CCN(c2cccc(Cl)c2Cl)C3)C[C@@H]1C. The summed E-state index contributed by atoms with van der Waals surface area (Å²) < 4.78 is 12.8. The third-order valence-electron chi connectivity index (χ3n) is 17.7. The first-order chi connectivity index (χ1) is 40.0. The molecule has 0 spiro atoms. The van der Waals surface area contributed by atoms with Crippen molar-refractivity contribution in [3.63, 3.8) is 0 Å². The number of nitriles is 2. The number of phenols is 1. The molecule has 4 fully saturated rings. The van der Waals surface area contributed by atoms with E-state index in [1.54, 1.807) is 12.1 Å². The molecule has 1 N–H and O–H groups in total. The van der Waals surface area contributed by atoms with Crippen molar-refractivity contribution in [2.45, 2.75) is 116 Å². The molecule has 0 aliphatic carbocycles. The molecule has 2 aromatic heterocycles. The van der Waals surface area contributed by atoms with Gasteiger partial charge in [0.25, 0.3) is 0 Å². The van der Waals surface area contributed by atoms with E-state index >= 15 is 0 Å². The van der Waals surface area contributed by atoms with Crippen LogP contribution in [-0.2, 0) is 35.5 Å². The molecule has 3 aromatic carbocycles. The van der Waals surface area contributed by atoms with Crippen molar-refractivity contribution in [1.82, 2.24) is 29.6 Å². The van der Waals surface area contributed by atoms with Crippen molar-refractivity contribution in [2.75, 3.05) is 99.3 Å². The second-order valence-electron chi connectivity index (χ2n) is 23.2. The summed E-state index contributed by atoms with van der Waals surface area (Å²) in [4.78, 5) is 52.5. The Kier molecular flexibility index (Phi) is 17.9. The van der Waals surface area contributed by atoms with Gasteiger partial charge in [0.1, 0.15) is 42.2 Å². The van der Waals surface area contributed by atoms with Gasteiger partial charge < -0.3 is 53.8 Å². The summed E-state index contributed by atoms with van der Waals surface area (Å²) in [5.41, 5.74) is 8.39. The van der Waals surface area contributed by atoms with Crippen LogP contribution in [0.2, 0.25) is 10.0 Å². The molecule has 0 unspecified atom stereocenters. The monoisotopic (exact) mass is 1160 g/mol. The molecule has 0 bridgehead atoms. The van der Waals surface area contributed by atoms with Crippen LogP contribution in [0.25, 0.3) is 10.8 Å². The minimum Gasteiger partial charge on any atom is -0.508 e. The highest BCUT2D eigenvalue weighted by molar-refractivity contribution is 6.43. The largest absolute Gasteiger partial charge is 0.508 e. The van der Waals surface area contributed by atoms with Gasteiger partial charge in [-0.3, -0.25) is 9.59 Å². The number of carbonyl (C=O) groups excluding carboxylic acids is 2. The molecule has 0 saturated carbocycles. The summed E-state index contributed by atoms with van der Waals surface area (Å²) in [6.45, 7) is 23.5. The van der Waals surface area contributed by atoms with Crippen molar-refractivity contribution < 1.29 is 24.2 Å². The van der Waals surface area contributed by atoms with Crippen LogP contribution in [0, 0.1) is 22.7 Å². The van der Waals surface area contributed by atoms with Gasteiger partial charge in [-0.1, -0.05) is 66.7 Å². The summed E-state index contributed by atoms with van der Waals surface area (Å²) in [6.07, 6.45) is 8.52. The Labute approximate surface area is 498 Å². The Morgan fingerprint density at radius 1 is 0.663 bits per heavy atom. The fourth-order valence-electron chi connectivity index (χ4n) is 13.7. The van der Waals surface area contributed by atoms with Gasteiger partial charge in [-0.05, 0) is 129 Å². The quantitative estimate of drug-likeness (QED) is 0.117. The molecular formula is C64H76Cl2N12O5. The Hall–Kier alpha value is -7.28. The third-order valence-corrected chi connectivity index (χ3v) is 18.6. The smallest absolute Gasteiger partial charge is 0.246 e. The first-order valence-electron chi connectivity index (χ1n) is 29.1. The lowest BCUT2D eigenvalue weighted by molar-refractivity contribution is -0.131. The molecule has 6 aliphatic heterocycles. The van der Waals surface area contributed by atoms with Gasteiger partial charge in [-0.2, -0.15) is 10.5 Å². The number of hydrogen-bond donors (Lipinski definition) is 1. The molecule has 11 rings (SSSR count). The van der Waals surface area contributed by atoms with Crippen molar-refractivity contribution in [2.24, 2.45) is 0 Å². The first-order valence-corrected chi connectivity index (χ1v) is 29.9. The summed E-state index contributed by atoms with van der Waals surface area (Å²) in [5.74, 6) is 0.837. The predicted octanol–water partition coefficient (Wildman–Crippen LogP) is 9.37. The maximum absolute atomic E-state index is 12.6. The average molecular weight is 1160 g/mol. The molecule has 19 heteroatoms. The number of aromatic nitrogens is 2. The number of piperazine rings is 2. The lowest BCUT2D eigenvalue weighted by Crippen LogP contribution is -2.58. The van der Waals surface area contributed by atoms with Gasteiger partial charge in [0.15, 0.2) is 0 Å². The number of rotatable bonds is 12. The minimum absolute atomic E-state index is 0.0496. The van der Waals surface area contributed by atoms with E-state index in [9.17, 15) is 25.2 Å². The van der Waals surface area contributed by atoms with Crippen molar-refractivity contribution >= 4 is 68.5 Å². The maximum atomic E-state index is 12.6. The van der Waals surface area contributed by atoms with Crippen LogP contribution in [0.1, 0.15) is 87.0 Å². The molecule has 6 aliphatic rings. The zero-order valence-electron chi connectivity index (χ0n) is 48.7. The number of nitrogens with zero attached hydrogens (tertiary/aromatic N) is 12. The second-order valence-corrected chi connectivity index (χ2v) is 24.0. The van der Waals surface area contributed by atoms with Gasteiger partial charge in [0.2, 0.25) is 23.6 Å². The van der Waals surface area contributed by atoms with Crippen molar-refractivity contribution in [3.8, 4) is 29.6 Å². The second kappa shape index (κ2) is 25.3. The van der Waals surface area contributed by atoms with E-state index < -0.39 is 0 Å². The third kappa shape index (κ3) is 12.0. The molecular weight excluding hydrogens is 1090 g/mol. The number of ether oxygens (including phenoxy) is 2. The topological polar surface area (TPSA) is 172 Å². The highest BCUT2D eigenvalue weighted by atomic mass is 35.5. The molecule has 0 radical (unpaired) electrons.